The van der Waals surface area contributed by atoms with Gasteiger partial charge in [0.2, 0.25) is 5.78 Å². The first-order valence-corrected chi connectivity index (χ1v) is 5.04. The highest BCUT2D eigenvalue weighted by atomic mass is 79.9. The van der Waals surface area contributed by atoms with Crippen molar-refractivity contribution >= 4 is 33.4 Å². The van der Waals surface area contributed by atoms with Crippen molar-refractivity contribution in [1.29, 1.82) is 0 Å². The summed E-state index contributed by atoms with van der Waals surface area (Å²) in [4.78, 5) is 18.2. The molecule has 2 aromatic rings. The smallest absolute Gasteiger partial charge is 0.301 e. The maximum atomic E-state index is 12.0. The molecule has 90 valence electrons. The lowest BCUT2D eigenvalue weighted by Gasteiger charge is -2.03. The minimum atomic E-state index is -4.94. The number of hydrogen-bond donors (Lipinski definition) is 1. The van der Waals surface area contributed by atoms with E-state index in [0.29, 0.717) is 4.47 Å². The summed E-state index contributed by atoms with van der Waals surface area (Å²) in [6, 6.07) is 0. The van der Waals surface area contributed by atoms with Crippen molar-refractivity contribution in [2.24, 2.45) is 0 Å². The number of carbonyl (C=O) groups excluding carboxylic acids is 1. The van der Waals surface area contributed by atoms with Gasteiger partial charge in [0.25, 0.3) is 0 Å². The largest absolute Gasteiger partial charge is 0.471 e. The van der Waals surface area contributed by atoms with Crippen LogP contribution in [0.2, 0.25) is 0 Å². The molecule has 2 heterocycles. The Balaban J connectivity index is 2.29. The van der Waals surface area contributed by atoms with Gasteiger partial charge in [-0.05, 0) is 15.9 Å². The van der Waals surface area contributed by atoms with E-state index in [2.05, 4.69) is 25.9 Å². The summed E-state index contributed by atoms with van der Waals surface area (Å²) in [5.41, 5.74) is 0. The van der Waals surface area contributed by atoms with Crippen molar-refractivity contribution in [3.8, 4) is 0 Å². The Morgan fingerprint density at radius 1 is 1.41 bits per heavy atom. The van der Waals surface area contributed by atoms with Crippen molar-refractivity contribution in [2.75, 3.05) is 5.32 Å². The molecule has 0 aliphatic heterocycles. The van der Waals surface area contributed by atoms with E-state index in [9.17, 15) is 18.0 Å². The number of aromatic nitrogens is 3. The van der Waals surface area contributed by atoms with E-state index in [4.69, 9.17) is 0 Å². The zero-order chi connectivity index (χ0) is 12.6. The number of carbonyl (C=O) groups is 1. The molecule has 0 saturated carbocycles. The van der Waals surface area contributed by atoms with E-state index in [1.807, 2.05) is 0 Å². The second kappa shape index (κ2) is 3.99. The number of amides is 1. The average Bonchev–Trinajstić information content (AvgIpc) is 2.57. The summed E-state index contributed by atoms with van der Waals surface area (Å²) in [6.45, 7) is 0. The summed E-state index contributed by atoms with van der Waals surface area (Å²) in [5.74, 6) is -2.09. The van der Waals surface area contributed by atoms with Crippen LogP contribution in [0.25, 0.3) is 5.78 Å². The monoisotopic (exact) mass is 308 g/mol. The van der Waals surface area contributed by atoms with Gasteiger partial charge in [0.1, 0.15) is 0 Å². The Bertz CT molecular complexity index is 580. The summed E-state index contributed by atoms with van der Waals surface area (Å²) >= 11 is 3.15. The first-order chi connectivity index (χ1) is 7.86. The highest BCUT2D eigenvalue weighted by Crippen LogP contribution is 2.18. The third kappa shape index (κ3) is 2.54. The number of rotatable bonds is 1. The van der Waals surface area contributed by atoms with Gasteiger partial charge in [0, 0.05) is 12.4 Å². The highest BCUT2D eigenvalue weighted by molar-refractivity contribution is 9.10. The van der Waals surface area contributed by atoms with Crippen molar-refractivity contribution in [3.63, 3.8) is 0 Å². The Morgan fingerprint density at radius 3 is 2.76 bits per heavy atom. The number of alkyl halides is 3. The fraction of sp³-hybridized carbons (Fsp3) is 0.125. The molecule has 2 aromatic heterocycles. The summed E-state index contributed by atoms with van der Waals surface area (Å²) in [7, 11) is 0. The van der Waals surface area contributed by atoms with Crippen molar-refractivity contribution in [1.82, 2.24) is 14.4 Å². The van der Waals surface area contributed by atoms with Crippen LogP contribution in [-0.4, -0.2) is 26.5 Å². The lowest BCUT2D eigenvalue weighted by molar-refractivity contribution is -0.167. The minimum Gasteiger partial charge on any atom is -0.301 e. The van der Waals surface area contributed by atoms with Gasteiger partial charge in [0.15, 0.2) is 5.82 Å². The molecule has 0 radical (unpaired) electrons. The predicted octanol–water partition coefficient (Wildman–Crippen LogP) is 1.99. The second-order valence-electron chi connectivity index (χ2n) is 3.06. The molecule has 0 atom stereocenters. The first-order valence-electron chi connectivity index (χ1n) is 4.25. The number of hydrogen-bond acceptors (Lipinski definition) is 3. The molecule has 0 bridgehead atoms. The van der Waals surface area contributed by atoms with Crippen LogP contribution in [0.1, 0.15) is 0 Å². The molecular weight excluding hydrogens is 305 g/mol. The molecule has 0 spiro atoms. The van der Waals surface area contributed by atoms with Gasteiger partial charge in [-0.2, -0.15) is 18.2 Å². The minimum absolute atomic E-state index is 0.186. The maximum absolute atomic E-state index is 12.0. The van der Waals surface area contributed by atoms with Gasteiger partial charge in [-0.1, -0.05) is 0 Å². The number of halogens is 4. The van der Waals surface area contributed by atoms with E-state index in [1.54, 1.807) is 11.5 Å². The fourth-order valence-corrected chi connectivity index (χ4v) is 1.43. The van der Waals surface area contributed by atoms with Gasteiger partial charge in [-0.15, -0.1) is 0 Å². The first kappa shape index (κ1) is 11.8. The standard InChI is InChI=1S/C8H4BrF3N4O/c9-4-1-13-7-15-5(3-16(7)2-4)14-6(17)8(10,11)12/h1-3H,(H,14,17). The van der Waals surface area contributed by atoms with Crippen LogP contribution in [-0.2, 0) is 4.79 Å². The third-order valence-electron chi connectivity index (χ3n) is 1.78. The number of nitrogens with one attached hydrogen (secondary N) is 1. The van der Waals surface area contributed by atoms with Gasteiger partial charge in [-0.25, -0.2) is 4.98 Å². The molecule has 17 heavy (non-hydrogen) atoms. The molecule has 5 nitrogen and oxygen atoms in total. The van der Waals surface area contributed by atoms with Crippen molar-refractivity contribution < 1.29 is 18.0 Å². The molecule has 0 aliphatic carbocycles. The van der Waals surface area contributed by atoms with E-state index in [1.165, 1.54) is 16.8 Å². The quantitative estimate of drug-likeness (QED) is 0.876. The number of imidazole rings is 1. The molecule has 0 fully saturated rings. The number of fused-ring (bicyclic) bond motifs is 1. The Kier molecular flexibility index (Phi) is 2.77. The fourth-order valence-electron chi connectivity index (χ4n) is 1.11. The Morgan fingerprint density at radius 2 is 2.12 bits per heavy atom. The molecule has 0 aliphatic rings. The molecule has 9 heteroatoms. The highest BCUT2D eigenvalue weighted by Gasteiger charge is 2.39. The number of anilines is 1. The lowest BCUT2D eigenvalue weighted by Crippen LogP contribution is -2.30. The topological polar surface area (TPSA) is 59.3 Å². The Labute approximate surface area is 101 Å². The van der Waals surface area contributed by atoms with Crippen LogP contribution < -0.4 is 5.32 Å². The van der Waals surface area contributed by atoms with Gasteiger partial charge < -0.3 is 5.32 Å². The predicted molar refractivity (Wildman–Crippen MR) is 55.4 cm³/mol. The molecule has 0 aromatic carbocycles. The maximum Gasteiger partial charge on any atom is 0.471 e. The third-order valence-corrected chi connectivity index (χ3v) is 2.19. The molecule has 1 amide bonds. The Hall–Kier alpha value is -1.64. The zero-order valence-corrected chi connectivity index (χ0v) is 9.58. The van der Waals surface area contributed by atoms with E-state index in [-0.39, 0.29) is 11.6 Å². The molecule has 1 N–H and O–H groups in total. The summed E-state index contributed by atoms with van der Waals surface area (Å²) < 4.78 is 38.0. The van der Waals surface area contributed by atoms with Crippen LogP contribution in [0.5, 0.6) is 0 Å². The van der Waals surface area contributed by atoms with Crippen molar-refractivity contribution in [3.05, 3.63) is 23.1 Å². The van der Waals surface area contributed by atoms with Crippen LogP contribution in [0.4, 0.5) is 19.0 Å². The van der Waals surface area contributed by atoms with E-state index < -0.39 is 12.1 Å². The van der Waals surface area contributed by atoms with Gasteiger partial charge in [-0.3, -0.25) is 9.20 Å². The molecule has 0 saturated heterocycles. The van der Waals surface area contributed by atoms with Crippen LogP contribution in [0, 0.1) is 0 Å². The van der Waals surface area contributed by atoms with Crippen LogP contribution >= 0.6 is 15.9 Å². The number of nitrogens with zero attached hydrogens (tertiary/aromatic N) is 3. The summed E-state index contributed by atoms with van der Waals surface area (Å²) in [6.07, 6.45) is -0.711. The van der Waals surface area contributed by atoms with E-state index in [0.717, 1.165) is 0 Å². The van der Waals surface area contributed by atoms with Crippen LogP contribution in [0.3, 0.4) is 0 Å². The van der Waals surface area contributed by atoms with Crippen molar-refractivity contribution in [2.45, 2.75) is 6.18 Å². The van der Waals surface area contributed by atoms with E-state index >= 15 is 0 Å². The average molecular weight is 309 g/mol. The van der Waals surface area contributed by atoms with Gasteiger partial charge >= 0.3 is 12.1 Å². The molecule has 2 rings (SSSR count). The molecular formula is C8H4BrF3N4O. The molecule has 0 unspecified atom stereocenters. The second-order valence-corrected chi connectivity index (χ2v) is 3.97. The normalized spacial score (nSPS) is 11.8. The summed E-state index contributed by atoms with van der Waals surface area (Å²) in [5, 5.41) is 1.64. The van der Waals surface area contributed by atoms with Crippen LogP contribution in [0.15, 0.2) is 23.1 Å². The SMILES string of the molecule is O=C(Nc1cn2cc(Br)cnc2n1)C(F)(F)F. The van der Waals surface area contributed by atoms with Gasteiger partial charge in [0.05, 0.1) is 10.7 Å². The lowest BCUT2D eigenvalue weighted by atomic mass is 10.5. The zero-order valence-electron chi connectivity index (χ0n) is 7.99.